The van der Waals surface area contributed by atoms with Gasteiger partial charge in [-0.05, 0) is 12.6 Å². The number of rotatable bonds is 4. The lowest BCUT2D eigenvalue weighted by Crippen LogP contribution is -2.11. The topological polar surface area (TPSA) is 50.7 Å². The van der Waals surface area contributed by atoms with E-state index in [1.165, 1.54) is 23.6 Å². The van der Waals surface area contributed by atoms with Crippen molar-refractivity contribution in [2.75, 3.05) is 6.54 Å². The predicted octanol–water partition coefficient (Wildman–Crippen LogP) is 1.85. The van der Waals surface area contributed by atoms with Crippen molar-refractivity contribution in [3.63, 3.8) is 0 Å². The quantitative estimate of drug-likeness (QED) is 0.883. The van der Waals surface area contributed by atoms with Crippen molar-refractivity contribution in [3.8, 4) is 10.6 Å². The van der Waals surface area contributed by atoms with E-state index < -0.39 is 0 Å². The Balaban J connectivity index is 2.18. The van der Waals surface area contributed by atoms with Crippen molar-refractivity contribution in [1.82, 2.24) is 20.5 Å². The fourth-order valence-electron chi connectivity index (χ4n) is 1.20. The summed E-state index contributed by atoms with van der Waals surface area (Å²) < 4.78 is 12.9. The average molecular weight is 238 g/mol. The molecule has 0 aliphatic carbocycles. The van der Waals surface area contributed by atoms with E-state index >= 15 is 0 Å². The van der Waals surface area contributed by atoms with Crippen LogP contribution in [0.1, 0.15) is 11.9 Å². The van der Waals surface area contributed by atoms with Crippen LogP contribution in [0.3, 0.4) is 0 Å². The molecule has 0 bridgehead atoms. The van der Waals surface area contributed by atoms with Crippen molar-refractivity contribution in [2.45, 2.75) is 13.5 Å². The highest BCUT2D eigenvalue weighted by molar-refractivity contribution is 7.14. The van der Waals surface area contributed by atoms with Gasteiger partial charge in [0, 0.05) is 18.3 Å². The van der Waals surface area contributed by atoms with Crippen LogP contribution in [0, 0.1) is 5.82 Å². The van der Waals surface area contributed by atoms with E-state index in [0.717, 1.165) is 11.6 Å². The summed E-state index contributed by atoms with van der Waals surface area (Å²) in [6.45, 7) is 3.60. The number of hydrogen-bond acceptors (Lipinski definition) is 5. The van der Waals surface area contributed by atoms with Gasteiger partial charge in [-0.3, -0.25) is 4.98 Å². The molecule has 2 aromatic rings. The maximum Gasteiger partial charge on any atom is 0.149 e. The highest BCUT2D eigenvalue weighted by Crippen LogP contribution is 2.22. The minimum Gasteiger partial charge on any atom is -0.311 e. The fourth-order valence-corrected chi connectivity index (χ4v) is 1.99. The summed E-state index contributed by atoms with van der Waals surface area (Å²) in [7, 11) is 0. The van der Waals surface area contributed by atoms with E-state index in [2.05, 4.69) is 20.5 Å². The highest BCUT2D eigenvalue weighted by atomic mass is 32.1. The van der Waals surface area contributed by atoms with Crippen molar-refractivity contribution in [1.29, 1.82) is 0 Å². The lowest BCUT2D eigenvalue weighted by molar-refractivity contribution is 0.622. The Bertz CT molecular complexity index is 471. The zero-order chi connectivity index (χ0) is 11.4. The number of halogens is 1. The van der Waals surface area contributed by atoms with E-state index in [0.29, 0.717) is 17.1 Å². The van der Waals surface area contributed by atoms with Crippen LogP contribution in [0.2, 0.25) is 0 Å². The molecule has 0 aromatic carbocycles. The van der Waals surface area contributed by atoms with Crippen LogP contribution in [-0.4, -0.2) is 21.7 Å². The van der Waals surface area contributed by atoms with Crippen LogP contribution in [-0.2, 0) is 6.54 Å². The fraction of sp³-hybridized carbons (Fsp3) is 0.300. The average Bonchev–Trinajstić information content (AvgIpc) is 2.75. The molecule has 0 fully saturated rings. The molecule has 0 spiro atoms. The van der Waals surface area contributed by atoms with Gasteiger partial charge in [-0.2, -0.15) is 0 Å². The second-order valence-corrected chi connectivity index (χ2v) is 4.24. The van der Waals surface area contributed by atoms with Crippen molar-refractivity contribution >= 4 is 11.3 Å². The van der Waals surface area contributed by atoms with Crippen LogP contribution in [0.4, 0.5) is 4.39 Å². The lowest BCUT2D eigenvalue weighted by atomic mass is 10.3. The summed E-state index contributed by atoms with van der Waals surface area (Å²) in [6, 6.07) is 1.41. The van der Waals surface area contributed by atoms with Crippen LogP contribution >= 0.6 is 11.3 Å². The number of nitrogens with one attached hydrogen (secondary N) is 1. The second-order valence-electron chi connectivity index (χ2n) is 3.17. The summed E-state index contributed by atoms with van der Waals surface area (Å²) in [5.41, 5.74) is 0.667. The van der Waals surface area contributed by atoms with Crippen molar-refractivity contribution in [2.24, 2.45) is 0 Å². The van der Waals surface area contributed by atoms with Gasteiger partial charge in [-0.1, -0.05) is 18.3 Å². The van der Waals surface area contributed by atoms with Crippen LogP contribution in [0.25, 0.3) is 10.6 Å². The maximum atomic E-state index is 12.9. The first-order chi connectivity index (χ1) is 7.79. The summed E-state index contributed by atoms with van der Waals surface area (Å²) in [5, 5.41) is 12.8. The number of aromatic nitrogens is 3. The molecule has 0 aliphatic heterocycles. The Morgan fingerprint density at radius 3 is 3.00 bits per heavy atom. The Morgan fingerprint density at radius 2 is 2.25 bits per heavy atom. The summed E-state index contributed by atoms with van der Waals surface area (Å²) in [4.78, 5) is 3.78. The molecule has 2 aromatic heterocycles. The molecule has 0 radical (unpaired) electrons. The van der Waals surface area contributed by atoms with Gasteiger partial charge in [-0.15, -0.1) is 10.2 Å². The summed E-state index contributed by atoms with van der Waals surface area (Å²) >= 11 is 1.44. The molecular formula is C10H11FN4S. The molecule has 0 unspecified atom stereocenters. The molecule has 0 amide bonds. The van der Waals surface area contributed by atoms with Gasteiger partial charge < -0.3 is 5.32 Å². The van der Waals surface area contributed by atoms with Gasteiger partial charge in [0.2, 0.25) is 0 Å². The zero-order valence-electron chi connectivity index (χ0n) is 8.77. The van der Waals surface area contributed by atoms with E-state index in [4.69, 9.17) is 0 Å². The first-order valence-electron chi connectivity index (χ1n) is 4.93. The standard InChI is InChI=1S/C10H11FN4S/c1-2-12-6-9-14-15-10(16-9)7-3-8(11)5-13-4-7/h3-5,12H,2,6H2,1H3. The van der Waals surface area contributed by atoms with Gasteiger partial charge >= 0.3 is 0 Å². The molecular weight excluding hydrogens is 227 g/mol. The van der Waals surface area contributed by atoms with Gasteiger partial charge in [0.05, 0.1) is 6.20 Å². The number of nitrogens with zero attached hydrogens (tertiary/aromatic N) is 3. The minimum atomic E-state index is -0.360. The minimum absolute atomic E-state index is 0.360. The van der Waals surface area contributed by atoms with E-state index in [9.17, 15) is 4.39 Å². The third kappa shape index (κ3) is 2.59. The number of pyridine rings is 1. The molecule has 0 aliphatic rings. The first-order valence-corrected chi connectivity index (χ1v) is 5.75. The number of hydrogen-bond donors (Lipinski definition) is 1. The SMILES string of the molecule is CCNCc1nnc(-c2cncc(F)c2)s1. The lowest BCUT2D eigenvalue weighted by Gasteiger charge is -1.94. The largest absolute Gasteiger partial charge is 0.311 e. The molecule has 4 nitrogen and oxygen atoms in total. The first kappa shape index (κ1) is 11.1. The summed E-state index contributed by atoms with van der Waals surface area (Å²) in [6.07, 6.45) is 2.75. The smallest absolute Gasteiger partial charge is 0.149 e. The summed E-state index contributed by atoms with van der Waals surface area (Å²) in [5.74, 6) is -0.360. The zero-order valence-corrected chi connectivity index (χ0v) is 9.59. The normalized spacial score (nSPS) is 10.6. The predicted molar refractivity (Wildman–Crippen MR) is 60.5 cm³/mol. The molecule has 2 heterocycles. The Hall–Kier alpha value is -1.40. The molecule has 0 saturated carbocycles. The van der Waals surface area contributed by atoms with Crippen LogP contribution in [0.15, 0.2) is 18.5 Å². The Labute approximate surface area is 96.6 Å². The Kier molecular flexibility index (Phi) is 3.53. The van der Waals surface area contributed by atoms with E-state index in [1.54, 1.807) is 6.20 Å². The molecule has 6 heteroatoms. The van der Waals surface area contributed by atoms with Crippen molar-refractivity contribution < 1.29 is 4.39 Å². The maximum absolute atomic E-state index is 12.9. The van der Waals surface area contributed by atoms with Crippen molar-refractivity contribution in [3.05, 3.63) is 29.3 Å². The molecule has 16 heavy (non-hydrogen) atoms. The van der Waals surface area contributed by atoms with E-state index in [-0.39, 0.29) is 5.82 Å². The molecule has 1 N–H and O–H groups in total. The second kappa shape index (κ2) is 5.09. The molecule has 2 rings (SSSR count). The van der Waals surface area contributed by atoms with Gasteiger partial charge in [0.1, 0.15) is 15.8 Å². The van der Waals surface area contributed by atoms with Gasteiger partial charge in [-0.25, -0.2) is 4.39 Å². The monoisotopic (exact) mass is 238 g/mol. The third-order valence-electron chi connectivity index (χ3n) is 1.94. The highest BCUT2D eigenvalue weighted by Gasteiger charge is 2.07. The third-order valence-corrected chi connectivity index (χ3v) is 2.92. The van der Waals surface area contributed by atoms with Crippen LogP contribution in [0.5, 0.6) is 0 Å². The molecule has 84 valence electrons. The van der Waals surface area contributed by atoms with Gasteiger partial charge in [0.25, 0.3) is 0 Å². The van der Waals surface area contributed by atoms with Gasteiger partial charge in [0.15, 0.2) is 0 Å². The van der Waals surface area contributed by atoms with Crippen LogP contribution < -0.4 is 5.32 Å². The molecule has 0 atom stereocenters. The van der Waals surface area contributed by atoms with E-state index in [1.807, 2.05) is 6.92 Å². The Morgan fingerprint density at radius 1 is 1.38 bits per heavy atom. The molecule has 0 saturated heterocycles.